The Hall–Kier alpha value is -0.830. The second-order valence-corrected chi connectivity index (χ2v) is 3.32. The molecule has 1 rings (SSSR count). The summed E-state index contributed by atoms with van der Waals surface area (Å²) >= 11 is 0. The highest BCUT2D eigenvalue weighted by Gasteiger charge is 2.05. The lowest BCUT2D eigenvalue weighted by molar-refractivity contribution is 0.520. The number of imidazole rings is 1. The van der Waals surface area contributed by atoms with E-state index in [1.165, 1.54) is 0 Å². The number of hydrogen-bond donors (Lipinski definition) is 1. The molecule has 0 aliphatic heterocycles. The molecule has 0 aliphatic rings. The van der Waals surface area contributed by atoms with Crippen LogP contribution in [0.3, 0.4) is 0 Å². The molecule has 1 unspecified atom stereocenters. The van der Waals surface area contributed by atoms with Crippen molar-refractivity contribution in [3.8, 4) is 0 Å². The van der Waals surface area contributed by atoms with E-state index in [2.05, 4.69) is 21.8 Å². The zero-order chi connectivity index (χ0) is 8.97. The number of nitrogens with one attached hydrogen (secondary N) is 1. The molecule has 12 heavy (non-hydrogen) atoms. The predicted molar refractivity (Wildman–Crippen MR) is 50.0 cm³/mol. The zero-order valence-electron chi connectivity index (χ0n) is 8.04. The van der Waals surface area contributed by atoms with E-state index >= 15 is 0 Å². The van der Waals surface area contributed by atoms with E-state index in [9.17, 15) is 0 Å². The molecule has 1 heterocycles. The van der Waals surface area contributed by atoms with Crippen molar-refractivity contribution in [3.63, 3.8) is 0 Å². The molecule has 0 amide bonds. The maximum Gasteiger partial charge on any atom is 0.108 e. The van der Waals surface area contributed by atoms with Gasteiger partial charge in [-0.05, 0) is 19.5 Å². The molecule has 68 valence electrons. The molecule has 3 nitrogen and oxygen atoms in total. The molecule has 3 heteroatoms. The van der Waals surface area contributed by atoms with Gasteiger partial charge in [0.05, 0.1) is 0 Å². The van der Waals surface area contributed by atoms with Crippen molar-refractivity contribution >= 4 is 0 Å². The molecule has 0 radical (unpaired) electrons. The van der Waals surface area contributed by atoms with E-state index in [0.717, 1.165) is 18.8 Å². The highest BCUT2D eigenvalue weighted by Crippen LogP contribution is 2.04. The SMILES string of the molecule is CNCC(C)Cc1nccn1C. The second-order valence-electron chi connectivity index (χ2n) is 3.32. The summed E-state index contributed by atoms with van der Waals surface area (Å²) in [5.41, 5.74) is 0. The Balaban J connectivity index is 2.46. The smallest absolute Gasteiger partial charge is 0.108 e. The summed E-state index contributed by atoms with van der Waals surface area (Å²) < 4.78 is 2.08. The number of nitrogens with zero attached hydrogens (tertiary/aromatic N) is 2. The monoisotopic (exact) mass is 167 g/mol. The van der Waals surface area contributed by atoms with Gasteiger partial charge in [0.1, 0.15) is 5.82 Å². The van der Waals surface area contributed by atoms with Gasteiger partial charge in [-0.1, -0.05) is 6.92 Å². The van der Waals surface area contributed by atoms with Gasteiger partial charge in [0.15, 0.2) is 0 Å². The molecule has 0 spiro atoms. The van der Waals surface area contributed by atoms with E-state index in [1.54, 1.807) is 0 Å². The minimum Gasteiger partial charge on any atom is -0.338 e. The van der Waals surface area contributed by atoms with E-state index in [-0.39, 0.29) is 0 Å². The number of aryl methyl sites for hydroxylation is 1. The molecule has 1 aromatic rings. The zero-order valence-corrected chi connectivity index (χ0v) is 8.04. The second kappa shape index (κ2) is 4.26. The lowest BCUT2D eigenvalue weighted by Gasteiger charge is -2.09. The lowest BCUT2D eigenvalue weighted by Crippen LogP contribution is -2.19. The number of hydrogen-bond acceptors (Lipinski definition) is 2. The summed E-state index contributed by atoms with van der Waals surface area (Å²) in [6.45, 7) is 3.28. The number of aromatic nitrogens is 2. The van der Waals surface area contributed by atoms with Gasteiger partial charge >= 0.3 is 0 Å². The van der Waals surface area contributed by atoms with Crippen LogP contribution < -0.4 is 5.32 Å². The summed E-state index contributed by atoms with van der Waals surface area (Å²) in [6.07, 6.45) is 4.88. The van der Waals surface area contributed by atoms with Crippen molar-refractivity contribution in [2.45, 2.75) is 13.3 Å². The first-order chi connectivity index (χ1) is 5.74. The molecule has 0 bridgehead atoms. The third-order valence-electron chi connectivity index (χ3n) is 2.00. The van der Waals surface area contributed by atoms with Crippen LogP contribution >= 0.6 is 0 Å². The molecule has 0 aromatic carbocycles. The van der Waals surface area contributed by atoms with Crippen molar-refractivity contribution in [3.05, 3.63) is 18.2 Å². The molecule has 1 aromatic heterocycles. The Morgan fingerprint density at radius 1 is 1.67 bits per heavy atom. The summed E-state index contributed by atoms with van der Waals surface area (Å²) in [7, 11) is 4.02. The van der Waals surface area contributed by atoms with Crippen molar-refractivity contribution in [2.75, 3.05) is 13.6 Å². The quantitative estimate of drug-likeness (QED) is 0.719. The van der Waals surface area contributed by atoms with Gasteiger partial charge in [-0.25, -0.2) is 4.98 Å². The first-order valence-electron chi connectivity index (χ1n) is 4.35. The van der Waals surface area contributed by atoms with Crippen LogP contribution in [0.4, 0.5) is 0 Å². The Kier molecular flexibility index (Phi) is 3.29. The summed E-state index contributed by atoms with van der Waals surface area (Å²) in [4.78, 5) is 4.27. The van der Waals surface area contributed by atoms with Crippen molar-refractivity contribution in [1.82, 2.24) is 14.9 Å². The van der Waals surface area contributed by atoms with Gasteiger partial charge in [-0.15, -0.1) is 0 Å². The van der Waals surface area contributed by atoms with E-state index in [0.29, 0.717) is 5.92 Å². The average molecular weight is 167 g/mol. The molecule has 0 saturated heterocycles. The van der Waals surface area contributed by atoms with Crippen molar-refractivity contribution in [1.29, 1.82) is 0 Å². The van der Waals surface area contributed by atoms with Gasteiger partial charge in [0.25, 0.3) is 0 Å². The maximum atomic E-state index is 4.27. The van der Waals surface area contributed by atoms with Crippen LogP contribution in [0.1, 0.15) is 12.7 Å². The highest BCUT2D eigenvalue weighted by atomic mass is 15.0. The Morgan fingerprint density at radius 2 is 2.42 bits per heavy atom. The summed E-state index contributed by atoms with van der Waals surface area (Å²) in [5, 5.41) is 3.16. The molecule has 0 aliphatic carbocycles. The van der Waals surface area contributed by atoms with Gasteiger partial charge in [-0.2, -0.15) is 0 Å². The van der Waals surface area contributed by atoms with Crippen LogP contribution in [-0.4, -0.2) is 23.1 Å². The molecular weight excluding hydrogens is 150 g/mol. The van der Waals surface area contributed by atoms with Crippen LogP contribution in [0.15, 0.2) is 12.4 Å². The fraction of sp³-hybridized carbons (Fsp3) is 0.667. The third-order valence-corrected chi connectivity index (χ3v) is 2.00. The van der Waals surface area contributed by atoms with Gasteiger partial charge in [0, 0.05) is 25.9 Å². The van der Waals surface area contributed by atoms with Gasteiger partial charge in [0.2, 0.25) is 0 Å². The lowest BCUT2D eigenvalue weighted by atomic mass is 10.1. The van der Waals surface area contributed by atoms with E-state index in [1.807, 2.05) is 26.5 Å². The van der Waals surface area contributed by atoms with Crippen LogP contribution in [0, 0.1) is 5.92 Å². The first-order valence-corrected chi connectivity index (χ1v) is 4.35. The van der Waals surface area contributed by atoms with Crippen LogP contribution in [-0.2, 0) is 13.5 Å². The normalized spacial score (nSPS) is 13.2. The van der Waals surface area contributed by atoms with Crippen LogP contribution in [0.5, 0.6) is 0 Å². The summed E-state index contributed by atoms with van der Waals surface area (Å²) in [6, 6.07) is 0. The maximum absolute atomic E-state index is 4.27. The largest absolute Gasteiger partial charge is 0.338 e. The molecule has 0 saturated carbocycles. The van der Waals surface area contributed by atoms with E-state index < -0.39 is 0 Å². The summed E-state index contributed by atoms with van der Waals surface area (Å²) in [5.74, 6) is 1.81. The Labute approximate surface area is 73.8 Å². The fourth-order valence-corrected chi connectivity index (χ4v) is 1.33. The van der Waals surface area contributed by atoms with Crippen LogP contribution in [0.2, 0.25) is 0 Å². The standard InChI is InChI=1S/C9H17N3/c1-8(7-10-2)6-9-11-4-5-12(9)3/h4-5,8,10H,6-7H2,1-3H3. The fourth-order valence-electron chi connectivity index (χ4n) is 1.33. The molecule has 0 fully saturated rings. The van der Waals surface area contributed by atoms with Gasteiger partial charge in [-0.3, -0.25) is 0 Å². The number of rotatable bonds is 4. The third kappa shape index (κ3) is 2.34. The van der Waals surface area contributed by atoms with Crippen molar-refractivity contribution in [2.24, 2.45) is 13.0 Å². The van der Waals surface area contributed by atoms with Crippen molar-refractivity contribution < 1.29 is 0 Å². The minimum absolute atomic E-state index is 0.649. The van der Waals surface area contributed by atoms with Gasteiger partial charge < -0.3 is 9.88 Å². The average Bonchev–Trinajstić information content (AvgIpc) is 2.37. The highest BCUT2D eigenvalue weighted by molar-refractivity contribution is 4.92. The molecule has 1 atom stereocenters. The van der Waals surface area contributed by atoms with Crippen LogP contribution in [0.25, 0.3) is 0 Å². The minimum atomic E-state index is 0.649. The topological polar surface area (TPSA) is 29.9 Å². The Morgan fingerprint density at radius 3 is 2.92 bits per heavy atom. The molecular formula is C9H17N3. The first kappa shape index (κ1) is 9.26. The van der Waals surface area contributed by atoms with E-state index in [4.69, 9.17) is 0 Å². The Bertz CT molecular complexity index is 229. The predicted octanol–water partition coefficient (Wildman–Crippen LogP) is 0.818. The molecule has 1 N–H and O–H groups in total.